The number of nitrogens with zero attached hydrogens (tertiary/aromatic N) is 2. The maximum Gasteiger partial charge on any atom is 0.356 e. The van der Waals surface area contributed by atoms with Crippen molar-refractivity contribution in [2.24, 2.45) is 0 Å². The van der Waals surface area contributed by atoms with E-state index < -0.39 is 12.1 Å². The number of carbonyl (C=O) groups excluding carboxylic acids is 1. The summed E-state index contributed by atoms with van der Waals surface area (Å²) in [7, 11) is 1.30. The first-order chi connectivity index (χ1) is 15.1. The molecule has 0 fully saturated rings. The second-order valence-electron chi connectivity index (χ2n) is 7.10. The molecule has 0 aliphatic heterocycles. The third-order valence-electron chi connectivity index (χ3n) is 5.02. The number of carbonyl (C=O) groups is 1. The van der Waals surface area contributed by atoms with E-state index in [0.717, 1.165) is 11.1 Å². The Morgan fingerprint density at radius 1 is 1.00 bits per heavy atom. The fourth-order valence-electron chi connectivity index (χ4n) is 3.30. The number of pyridine rings is 1. The first-order valence-corrected chi connectivity index (χ1v) is 9.97. The second-order valence-corrected chi connectivity index (χ2v) is 7.10. The molecule has 0 amide bonds. The van der Waals surface area contributed by atoms with Crippen molar-refractivity contribution in [3.05, 3.63) is 96.3 Å². The first-order valence-electron chi connectivity index (χ1n) is 9.97. The normalized spacial score (nSPS) is 11.8. The average molecular weight is 414 g/mol. The molecule has 1 unspecified atom stereocenters. The van der Waals surface area contributed by atoms with Crippen LogP contribution in [0.15, 0.2) is 83.5 Å². The van der Waals surface area contributed by atoms with Crippen LogP contribution < -0.4 is 0 Å². The Morgan fingerprint density at radius 2 is 1.74 bits per heavy atom. The van der Waals surface area contributed by atoms with Gasteiger partial charge in [-0.15, -0.1) is 0 Å². The number of rotatable bonds is 7. The van der Waals surface area contributed by atoms with E-state index in [4.69, 9.17) is 4.42 Å². The van der Waals surface area contributed by atoms with Crippen molar-refractivity contribution in [2.45, 2.75) is 18.9 Å². The average Bonchev–Trinajstić information content (AvgIpc) is 3.33. The Bertz CT molecular complexity index is 1150. The second kappa shape index (κ2) is 9.36. The van der Waals surface area contributed by atoms with Crippen LogP contribution in [0, 0.1) is 0 Å². The minimum absolute atomic E-state index is 0.178. The minimum atomic E-state index is -0.829. The summed E-state index contributed by atoms with van der Waals surface area (Å²) in [6.07, 6.45) is 3.37. The highest BCUT2D eigenvalue weighted by molar-refractivity contribution is 5.88. The van der Waals surface area contributed by atoms with E-state index in [0.29, 0.717) is 24.2 Å². The summed E-state index contributed by atoms with van der Waals surface area (Å²) in [6.45, 7) is 0. The summed E-state index contributed by atoms with van der Waals surface area (Å²) < 4.78 is 10.4. The molecule has 0 aliphatic carbocycles. The lowest BCUT2D eigenvalue weighted by Gasteiger charge is -2.08. The molecule has 0 saturated carbocycles. The van der Waals surface area contributed by atoms with Crippen LogP contribution >= 0.6 is 0 Å². The van der Waals surface area contributed by atoms with Crippen molar-refractivity contribution in [1.29, 1.82) is 0 Å². The van der Waals surface area contributed by atoms with Crippen LogP contribution in [0.5, 0.6) is 0 Å². The van der Waals surface area contributed by atoms with Crippen LogP contribution in [0.25, 0.3) is 22.5 Å². The van der Waals surface area contributed by atoms with Crippen molar-refractivity contribution < 1.29 is 19.1 Å². The van der Waals surface area contributed by atoms with Gasteiger partial charge in [-0.25, -0.2) is 14.8 Å². The van der Waals surface area contributed by atoms with Gasteiger partial charge in [0.05, 0.1) is 13.3 Å². The lowest BCUT2D eigenvalue weighted by atomic mass is 10.0. The van der Waals surface area contributed by atoms with E-state index in [1.807, 2.05) is 18.2 Å². The lowest BCUT2D eigenvalue weighted by molar-refractivity contribution is 0.0594. The smallest absolute Gasteiger partial charge is 0.356 e. The molecular weight excluding hydrogens is 392 g/mol. The van der Waals surface area contributed by atoms with Crippen molar-refractivity contribution in [2.75, 3.05) is 7.11 Å². The van der Waals surface area contributed by atoms with E-state index in [9.17, 15) is 9.90 Å². The Labute approximate surface area is 180 Å². The summed E-state index contributed by atoms with van der Waals surface area (Å²) in [5.74, 6) is 0.168. The zero-order chi connectivity index (χ0) is 21.6. The maximum absolute atomic E-state index is 11.7. The predicted molar refractivity (Wildman–Crippen MR) is 116 cm³/mol. The quantitative estimate of drug-likeness (QED) is 0.435. The van der Waals surface area contributed by atoms with Gasteiger partial charge in [0.2, 0.25) is 5.89 Å². The summed E-state index contributed by atoms with van der Waals surface area (Å²) in [6, 6.07) is 21.8. The predicted octanol–water partition coefficient (Wildman–Crippen LogP) is 4.86. The Kier molecular flexibility index (Phi) is 6.19. The number of benzene rings is 2. The van der Waals surface area contributed by atoms with Gasteiger partial charge in [0, 0.05) is 11.8 Å². The van der Waals surface area contributed by atoms with Crippen molar-refractivity contribution in [3.8, 4) is 22.5 Å². The highest BCUT2D eigenvalue weighted by atomic mass is 16.5. The summed E-state index contributed by atoms with van der Waals surface area (Å²) >= 11 is 0. The number of aliphatic hydroxyl groups is 1. The van der Waals surface area contributed by atoms with Crippen LogP contribution in [0.2, 0.25) is 0 Å². The third kappa shape index (κ3) is 4.87. The van der Waals surface area contributed by atoms with E-state index >= 15 is 0 Å². The molecule has 31 heavy (non-hydrogen) atoms. The SMILES string of the molecule is COC(=O)c1cc(-c2cnc(C(O)CCc3ccc(-c4ccccc4)cc3)o2)ccn1. The summed E-state index contributed by atoms with van der Waals surface area (Å²) in [4.78, 5) is 19.8. The molecule has 2 aromatic heterocycles. The molecule has 2 aromatic carbocycles. The fourth-order valence-corrected chi connectivity index (χ4v) is 3.30. The van der Waals surface area contributed by atoms with Gasteiger partial charge in [-0.1, -0.05) is 54.6 Å². The summed E-state index contributed by atoms with van der Waals surface area (Å²) in [5, 5.41) is 10.5. The van der Waals surface area contributed by atoms with E-state index in [2.05, 4.69) is 51.1 Å². The zero-order valence-electron chi connectivity index (χ0n) is 17.1. The van der Waals surface area contributed by atoms with Crippen molar-refractivity contribution in [1.82, 2.24) is 9.97 Å². The monoisotopic (exact) mass is 414 g/mol. The zero-order valence-corrected chi connectivity index (χ0v) is 17.1. The maximum atomic E-state index is 11.7. The van der Waals surface area contributed by atoms with Crippen LogP contribution in [0.1, 0.15) is 34.5 Å². The molecule has 0 bridgehead atoms. The number of hydrogen-bond acceptors (Lipinski definition) is 6. The van der Waals surface area contributed by atoms with Gasteiger partial charge in [-0.2, -0.15) is 0 Å². The molecule has 0 aliphatic rings. The van der Waals surface area contributed by atoms with Crippen LogP contribution in [-0.2, 0) is 11.2 Å². The molecule has 4 aromatic rings. The Morgan fingerprint density at radius 3 is 2.48 bits per heavy atom. The van der Waals surface area contributed by atoms with Gasteiger partial charge >= 0.3 is 5.97 Å². The Hall–Kier alpha value is -3.77. The standard InChI is InChI=1S/C25H22N2O4/c1-30-25(29)21-15-20(13-14-26-21)23-16-27-24(31-23)22(28)12-9-17-7-10-19(11-8-17)18-5-3-2-4-6-18/h2-8,10-11,13-16,22,28H,9,12H2,1H3. The number of methoxy groups -OCH3 is 1. The highest BCUT2D eigenvalue weighted by Gasteiger charge is 2.17. The Balaban J connectivity index is 1.39. The number of aromatic nitrogens is 2. The molecular formula is C25H22N2O4. The number of ether oxygens (including phenoxy) is 1. The van der Waals surface area contributed by atoms with Crippen LogP contribution in [0.3, 0.4) is 0 Å². The summed E-state index contributed by atoms with van der Waals surface area (Å²) in [5.41, 5.74) is 4.27. The first kappa shape index (κ1) is 20.5. The van der Waals surface area contributed by atoms with Gasteiger partial charge in [0.25, 0.3) is 0 Å². The largest absolute Gasteiger partial charge is 0.464 e. The van der Waals surface area contributed by atoms with Crippen molar-refractivity contribution in [3.63, 3.8) is 0 Å². The van der Waals surface area contributed by atoms with Crippen molar-refractivity contribution >= 4 is 5.97 Å². The topological polar surface area (TPSA) is 85.5 Å². The lowest BCUT2D eigenvalue weighted by Crippen LogP contribution is -2.03. The van der Waals surface area contributed by atoms with E-state index in [-0.39, 0.29) is 11.6 Å². The molecule has 4 rings (SSSR count). The minimum Gasteiger partial charge on any atom is -0.464 e. The van der Waals surface area contributed by atoms with Crippen LogP contribution in [0.4, 0.5) is 0 Å². The molecule has 156 valence electrons. The van der Waals surface area contributed by atoms with E-state index in [1.165, 1.54) is 25.1 Å². The number of aryl methyl sites for hydroxylation is 1. The molecule has 1 atom stereocenters. The molecule has 1 N–H and O–H groups in total. The highest BCUT2D eigenvalue weighted by Crippen LogP contribution is 2.26. The molecule has 0 radical (unpaired) electrons. The van der Waals surface area contributed by atoms with Gasteiger partial charge in [0.1, 0.15) is 11.8 Å². The van der Waals surface area contributed by atoms with E-state index in [1.54, 1.807) is 12.1 Å². The number of aliphatic hydroxyl groups excluding tert-OH is 1. The van der Waals surface area contributed by atoms with Gasteiger partial charge in [-0.05, 0) is 41.7 Å². The van der Waals surface area contributed by atoms with Gasteiger partial charge in [-0.3, -0.25) is 0 Å². The fraction of sp³-hybridized carbons (Fsp3) is 0.160. The van der Waals surface area contributed by atoms with Crippen LogP contribution in [-0.4, -0.2) is 28.2 Å². The number of hydrogen-bond donors (Lipinski definition) is 1. The number of esters is 1. The van der Waals surface area contributed by atoms with Gasteiger partial charge < -0.3 is 14.3 Å². The third-order valence-corrected chi connectivity index (χ3v) is 5.02. The number of oxazole rings is 1. The molecule has 0 spiro atoms. The molecule has 0 saturated heterocycles. The molecule has 2 heterocycles. The van der Waals surface area contributed by atoms with Gasteiger partial charge in [0.15, 0.2) is 5.76 Å². The molecule has 6 heteroatoms. The molecule has 6 nitrogen and oxygen atoms in total.